The number of nitrogens with one attached hydrogen (secondary N) is 2. The van der Waals surface area contributed by atoms with Gasteiger partial charge in [-0.05, 0) is 56.0 Å². The molecule has 1 aliphatic heterocycles. The Morgan fingerprint density at radius 2 is 1.91 bits per heavy atom. The van der Waals surface area contributed by atoms with Gasteiger partial charge in [0.1, 0.15) is 12.4 Å². The minimum atomic E-state index is -0.484. The van der Waals surface area contributed by atoms with Crippen molar-refractivity contribution in [3.05, 3.63) is 71.2 Å². The van der Waals surface area contributed by atoms with E-state index in [9.17, 15) is 4.79 Å². The lowest BCUT2D eigenvalue weighted by Gasteiger charge is -2.29. The number of hydrogen-bond acceptors (Lipinski definition) is 6. The van der Waals surface area contributed by atoms with E-state index in [2.05, 4.69) is 34.6 Å². The van der Waals surface area contributed by atoms with Crippen LogP contribution in [0.2, 0.25) is 0 Å². The fourth-order valence-electron chi connectivity index (χ4n) is 3.91. The first kappa shape index (κ1) is 23.4. The summed E-state index contributed by atoms with van der Waals surface area (Å²) in [5, 5.41) is 10.6. The predicted molar refractivity (Wildman–Crippen MR) is 132 cm³/mol. The molecule has 3 aromatic rings. The Kier molecular flexibility index (Phi) is 6.86. The summed E-state index contributed by atoms with van der Waals surface area (Å²) in [6, 6.07) is 13.0. The number of carbonyl (C=O) groups excluding carboxylic acids is 1. The molecule has 2 aromatic carbocycles. The molecule has 2 N–H and O–H groups in total. The number of allylic oxidation sites excluding steroid dienone is 1. The van der Waals surface area contributed by atoms with Crippen molar-refractivity contribution in [2.75, 3.05) is 24.4 Å². The molecule has 1 aliphatic rings. The molecule has 1 unspecified atom stereocenters. The molecule has 0 bridgehead atoms. The van der Waals surface area contributed by atoms with Gasteiger partial charge < -0.3 is 20.1 Å². The first-order valence-electron chi connectivity index (χ1n) is 11.4. The van der Waals surface area contributed by atoms with E-state index >= 15 is 0 Å². The van der Waals surface area contributed by atoms with Crippen molar-refractivity contribution in [1.29, 1.82) is 0 Å². The zero-order chi connectivity index (χ0) is 24.2. The molecule has 8 heteroatoms. The van der Waals surface area contributed by atoms with Crippen LogP contribution in [0.15, 0.2) is 60.1 Å². The number of hydrogen-bond donors (Lipinski definition) is 2. The van der Waals surface area contributed by atoms with Crippen LogP contribution in [0.3, 0.4) is 0 Å². The lowest BCUT2D eigenvalue weighted by Crippen LogP contribution is -2.31. The zero-order valence-electron chi connectivity index (χ0n) is 20.3. The van der Waals surface area contributed by atoms with Crippen LogP contribution in [-0.4, -0.2) is 34.4 Å². The summed E-state index contributed by atoms with van der Waals surface area (Å²) < 4.78 is 13.3. The lowest BCUT2D eigenvalue weighted by atomic mass is 9.94. The van der Waals surface area contributed by atoms with Gasteiger partial charge in [-0.1, -0.05) is 37.6 Å². The predicted octanol–water partition coefficient (Wildman–Crippen LogP) is 4.95. The van der Waals surface area contributed by atoms with Crippen molar-refractivity contribution in [2.45, 2.75) is 40.2 Å². The number of ether oxygens (including phenoxy) is 2. The van der Waals surface area contributed by atoms with Crippen molar-refractivity contribution in [3.8, 4) is 11.5 Å². The molecule has 0 saturated heterocycles. The van der Waals surface area contributed by atoms with Gasteiger partial charge in [0.05, 0.1) is 19.3 Å². The van der Waals surface area contributed by atoms with Gasteiger partial charge >= 0.3 is 0 Å². The van der Waals surface area contributed by atoms with E-state index in [1.165, 1.54) is 6.33 Å². The molecule has 0 radical (unpaired) electrons. The molecular weight excluding hydrogens is 430 g/mol. The molecule has 4 rings (SSSR count). The third kappa shape index (κ3) is 4.90. The highest BCUT2D eigenvalue weighted by molar-refractivity contribution is 6.06. The van der Waals surface area contributed by atoms with Crippen LogP contribution in [0.1, 0.15) is 44.4 Å². The van der Waals surface area contributed by atoms with E-state index in [-0.39, 0.29) is 5.91 Å². The summed E-state index contributed by atoms with van der Waals surface area (Å²) in [5.74, 6) is 2.19. The maximum Gasteiger partial charge on any atom is 0.255 e. The maximum absolute atomic E-state index is 13.5. The molecule has 2 heterocycles. The summed E-state index contributed by atoms with van der Waals surface area (Å²) in [5.41, 5.74) is 3.96. The molecule has 0 spiro atoms. The monoisotopic (exact) mass is 461 g/mol. The van der Waals surface area contributed by atoms with Gasteiger partial charge in [0.2, 0.25) is 5.95 Å². The molecule has 1 atom stereocenters. The topological polar surface area (TPSA) is 90.3 Å². The summed E-state index contributed by atoms with van der Waals surface area (Å²) in [6.45, 7) is 8.81. The van der Waals surface area contributed by atoms with Crippen LogP contribution in [0, 0.1) is 12.8 Å². The second-order valence-electron chi connectivity index (χ2n) is 8.86. The fraction of sp³-hybridized carbons (Fsp3) is 0.346. The number of nitrogens with zero attached hydrogens (tertiary/aromatic N) is 3. The standard InChI is InChI=1S/C26H31N5O3/c1-16(2)12-13-34-21-11-8-19(14-22(21)33-5)24-23(18(4)29-26-27-15-28-31(24)26)25(32)30-20-9-6-17(3)7-10-20/h6-11,14-16,24H,12-13H2,1-5H3,(H,30,32)(H,27,28,29). The Bertz CT molecular complexity index is 1200. The quantitative estimate of drug-likeness (QED) is 0.493. The molecule has 0 saturated carbocycles. The van der Waals surface area contributed by atoms with Crippen LogP contribution in [0.5, 0.6) is 11.5 Å². The minimum absolute atomic E-state index is 0.212. The number of benzene rings is 2. The number of anilines is 2. The first-order valence-corrected chi connectivity index (χ1v) is 11.4. The zero-order valence-corrected chi connectivity index (χ0v) is 20.3. The molecule has 34 heavy (non-hydrogen) atoms. The number of carbonyl (C=O) groups is 1. The molecule has 0 fully saturated rings. The first-order chi connectivity index (χ1) is 16.4. The average Bonchev–Trinajstić information content (AvgIpc) is 3.27. The lowest BCUT2D eigenvalue weighted by molar-refractivity contribution is -0.113. The number of fused-ring (bicyclic) bond motifs is 1. The third-order valence-electron chi connectivity index (χ3n) is 5.80. The SMILES string of the molecule is COc1cc(C2C(C(=O)Nc3ccc(C)cc3)=C(C)Nc3ncnn32)ccc1OCCC(C)C. The fourth-order valence-corrected chi connectivity index (χ4v) is 3.91. The van der Waals surface area contributed by atoms with Gasteiger partial charge in [-0.25, -0.2) is 4.68 Å². The number of methoxy groups -OCH3 is 1. The Balaban J connectivity index is 1.68. The van der Waals surface area contributed by atoms with Crippen LogP contribution >= 0.6 is 0 Å². The van der Waals surface area contributed by atoms with Gasteiger partial charge in [0.25, 0.3) is 5.91 Å². The van der Waals surface area contributed by atoms with E-state index in [0.29, 0.717) is 41.2 Å². The van der Waals surface area contributed by atoms with E-state index in [0.717, 1.165) is 23.2 Å². The van der Waals surface area contributed by atoms with E-state index in [1.807, 2.05) is 56.3 Å². The van der Waals surface area contributed by atoms with Gasteiger partial charge in [-0.2, -0.15) is 10.1 Å². The molecular formula is C26H31N5O3. The average molecular weight is 462 g/mol. The Morgan fingerprint density at radius 1 is 1.15 bits per heavy atom. The van der Waals surface area contributed by atoms with Crippen molar-refractivity contribution < 1.29 is 14.3 Å². The van der Waals surface area contributed by atoms with Crippen LogP contribution in [0.4, 0.5) is 11.6 Å². The molecule has 0 aliphatic carbocycles. The second kappa shape index (κ2) is 9.99. The second-order valence-corrected chi connectivity index (χ2v) is 8.86. The maximum atomic E-state index is 13.5. The van der Waals surface area contributed by atoms with E-state index in [1.54, 1.807) is 11.8 Å². The normalized spacial score (nSPS) is 15.1. The third-order valence-corrected chi connectivity index (χ3v) is 5.80. The van der Waals surface area contributed by atoms with Crippen molar-refractivity contribution in [3.63, 3.8) is 0 Å². The van der Waals surface area contributed by atoms with Crippen LogP contribution in [0.25, 0.3) is 0 Å². The van der Waals surface area contributed by atoms with E-state index in [4.69, 9.17) is 9.47 Å². The Hall–Kier alpha value is -3.81. The van der Waals surface area contributed by atoms with Crippen molar-refractivity contribution in [2.24, 2.45) is 5.92 Å². The van der Waals surface area contributed by atoms with Crippen molar-refractivity contribution >= 4 is 17.5 Å². The number of amides is 1. The number of aromatic nitrogens is 3. The highest BCUT2D eigenvalue weighted by Gasteiger charge is 2.34. The summed E-state index contributed by atoms with van der Waals surface area (Å²) in [6.07, 6.45) is 2.43. The highest BCUT2D eigenvalue weighted by Crippen LogP contribution is 2.39. The summed E-state index contributed by atoms with van der Waals surface area (Å²) in [4.78, 5) is 17.8. The Morgan fingerprint density at radius 3 is 2.62 bits per heavy atom. The largest absolute Gasteiger partial charge is 0.493 e. The van der Waals surface area contributed by atoms with Gasteiger partial charge in [-0.15, -0.1) is 0 Å². The molecule has 178 valence electrons. The van der Waals surface area contributed by atoms with Gasteiger partial charge in [0, 0.05) is 11.4 Å². The van der Waals surface area contributed by atoms with Crippen molar-refractivity contribution in [1.82, 2.24) is 14.8 Å². The molecule has 1 amide bonds. The highest BCUT2D eigenvalue weighted by atomic mass is 16.5. The number of aryl methyl sites for hydroxylation is 1. The summed E-state index contributed by atoms with van der Waals surface area (Å²) >= 11 is 0. The molecule has 1 aromatic heterocycles. The van der Waals surface area contributed by atoms with Crippen LogP contribution < -0.4 is 20.1 Å². The van der Waals surface area contributed by atoms with Gasteiger partial charge in [-0.3, -0.25) is 4.79 Å². The Labute approximate surface area is 200 Å². The van der Waals surface area contributed by atoms with Gasteiger partial charge in [0.15, 0.2) is 11.5 Å². The summed E-state index contributed by atoms with van der Waals surface area (Å²) in [7, 11) is 1.61. The molecule has 8 nitrogen and oxygen atoms in total. The van der Waals surface area contributed by atoms with E-state index < -0.39 is 6.04 Å². The minimum Gasteiger partial charge on any atom is -0.493 e. The van der Waals surface area contributed by atoms with Crippen LogP contribution in [-0.2, 0) is 4.79 Å². The number of rotatable bonds is 8. The smallest absolute Gasteiger partial charge is 0.255 e.